The Morgan fingerprint density at radius 2 is 1.85 bits per heavy atom. The van der Waals surface area contributed by atoms with E-state index in [0.717, 1.165) is 0 Å². The summed E-state index contributed by atoms with van der Waals surface area (Å²) >= 11 is 8.18. The summed E-state index contributed by atoms with van der Waals surface area (Å²) in [4.78, 5) is 34.0. The number of non-ortho nitro benzene ring substituents is 1. The molecule has 0 aliphatic carbocycles. The first-order chi connectivity index (χ1) is 12.9. The maximum atomic E-state index is 12.0. The number of carbonyl (C=O) groups is 2. The molecule has 2 aromatic rings. The van der Waals surface area contributed by atoms with Crippen LogP contribution in [0.2, 0.25) is 0 Å². The van der Waals surface area contributed by atoms with Gasteiger partial charge < -0.3 is 0 Å². The smallest absolute Gasteiger partial charge is 0.270 e. The van der Waals surface area contributed by atoms with Crippen molar-refractivity contribution in [1.82, 2.24) is 16.2 Å². The van der Waals surface area contributed by atoms with Crippen molar-refractivity contribution in [2.45, 2.75) is 0 Å². The molecule has 0 fully saturated rings. The number of hydrogen-bond donors (Lipinski definition) is 3. The third-order valence-electron chi connectivity index (χ3n) is 3.15. The molecule has 0 saturated carbocycles. The predicted molar refractivity (Wildman–Crippen MR) is 108 cm³/mol. The molecule has 138 valence electrons. The van der Waals surface area contributed by atoms with Crippen LogP contribution >= 0.6 is 28.1 Å². The number of halogens is 1. The van der Waals surface area contributed by atoms with Crippen molar-refractivity contribution in [2.75, 3.05) is 0 Å². The summed E-state index contributed by atoms with van der Waals surface area (Å²) in [5.41, 5.74) is 5.58. The number of benzene rings is 2. The Labute approximate surface area is 167 Å². The fraction of sp³-hybridized carbons (Fsp3) is 0. The van der Waals surface area contributed by atoms with Gasteiger partial charge in [-0.1, -0.05) is 24.3 Å². The molecule has 8 nitrogen and oxygen atoms in total. The molecular formula is C17H13BrN4O4S. The Hall–Kier alpha value is -3.11. The first-order valence-corrected chi connectivity index (χ1v) is 8.65. The monoisotopic (exact) mass is 448 g/mol. The molecule has 0 spiro atoms. The molecule has 0 bridgehead atoms. The van der Waals surface area contributed by atoms with Crippen LogP contribution in [0.25, 0.3) is 6.08 Å². The number of nitro benzene ring substituents is 1. The molecule has 2 rings (SSSR count). The quantitative estimate of drug-likeness (QED) is 0.286. The van der Waals surface area contributed by atoms with Gasteiger partial charge in [-0.3, -0.25) is 35.9 Å². The topological polar surface area (TPSA) is 113 Å². The molecule has 0 heterocycles. The Morgan fingerprint density at radius 3 is 2.56 bits per heavy atom. The van der Waals surface area contributed by atoms with Crippen molar-refractivity contribution in [2.24, 2.45) is 0 Å². The number of amides is 2. The van der Waals surface area contributed by atoms with Crippen LogP contribution < -0.4 is 16.2 Å². The molecular weight excluding hydrogens is 436 g/mol. The average molecular weight is 449 g/mol. The lowest BCUT2D eigenvalue weighted by Gasteiger charge is -2.10. The van der Waals surface area contributed by atoms with E-state index < -0.39 is 16.7 Å². The van der Waals surface area contributed by atoms with E-state index in [9.17, 15) is 19.7 Å². The normalized spacial score (nSPS) is 10.3. The maximum absolute atomic E-state index is 12.0. The van der Waals surface area contributed by atoms with Gasteiger partial charge in [-0.05, 0) is 51.9 Å². The molecule has 27 heavy (non-hydrogen) atoms. The van der Waals surface area contributed by atoms with Crippen molar-refractivity contribution in [3.05, 3.63) is 80.3 Å². The summed E-state index contributed by atoms with van der Waals surface area (Å²) in [5, 5.41) is 13.0. The van der Waals surface area contributed by atoms with E-state index in [1.165, 1.54) is 30.4 Å². The van der Waals surface area contributed by atoms with Crippen LogP contribution in [0.3, 0.4) is 0 Å². The van der Waals surface area contributed by atoms with Crippen LogP contribution in [-0.2, 0) is 4.79 Å². The number of hydrogen-bond acceptors (Lipinski definition) is 5. The molecule has 0 aliphatic rings. The van der Waals surface area contributed by atoms with Gasteiger partial charge in [-0.25, -0.2) is 0 Å². The van der Waals surface area contributed by atoms with Crippen LogP contribution in [0.15, 0.2) is 59.1 Å². The highest BCUT2D eigenvalue weighted by Gasteiger charge is 2.09. The van der Waals surface area contributed by atoms with Crippen molar-refractivity contribution in [1.29, 1.82) is 0 Å². The Kier molecular flexibility index (Phi) is 7.15. The van der Waals surface area contributed by atoms with E-state index in [1.807, 2.05) is 0 Å². The molecule has 3 N–H and O–H groups in total. The van der Waals surface area contributed by atoms with E-state index in [1.54, 1.807) is 30.3 Å². The fourth-order valence-corrected chi connectivity index (χ4v) is 2.54. The van der Waals surface area contributed by atoms with Gasteiger partial charge in [0.1, 0.15) is 0 Å². The summed E-state index contributed by atoms with van der Waals surface area (Å²) in [7, 11) is 0. The molecule has 0 aliphatic heterocycles. The number of carbonyl (C=O) groups excluding carboxylic acids is 2. The van der Waals surface area contributed by atoms with Gasteiger partial charge in [0.25, 0.3) is 11.6 Å². The van der Waals surface area contributed by atoms with Gasteiger partial charge in [-0.2, -0.15) is 0 Å². The minimum absolute atomic E-state index is 0.0791. The second-order valence-electron chi connectivity index (χ2n) is 5.06. The van der Waals surface area contributed by atoms with Gasteiger partial charge in [0, 0.05) is 22.7 Å². The van der Waals surface area contributed by atoms with Gasteiger partial charge in [0.15, 0.2) is 5.11 Å². The molecule has 0 saturated heterocycles. The van der Waals surface area contributed by atoms with Crippen LogP contribution in [0.5, 0.6) is 0 Å². The SMILES string of the molecule is O=C(/C=C/c1cccc([N+](=O)[O-])c1)NC(=S)NNC(=O)c1ccccc1Br. The van der Waals surface area contributed by atoms with E-state index >= 15 is 0 Å². The largest absolute Gasteiger partial charge is 0.298 e. The van der Waals surface area contributed by atoms with E-state index in [-0.39, 0.29) is 10.8 Å². The lowest BCUT2D eigenvalue weighted by Crippen LogP contribution is -2.48. The third-order valence-corrected chi connectivity index (χ3v) is 4.05. The average Bonchev–Trinajstić information content (AvgIpc) is 2.65. The standard InChI is InChI=1S/C17H13BrN4O4S/c18-14-7-2-1-6-13(14)16(24)20-21-17(27)19-15(23)9-8-11-4-3-5-12(10-11)22(25)26/h1-10H,(H,20,24)(H2,19,21,23,27)/b9-8+. The Balaban J connectivity index is 1.86. The Bertz CT molecular complexity index is 933. The number of hydrazine groups is 1. The van der Waals surface area contributed by atoms with E-state index in [0.29, 0.717) is 15.6 Å². The molecule has 0 atom stereocenters. The molecule has 0 aromatic heterocycles. The highest BCUT2D eigenvalue weighted by atomic mass is 79.9. The number of nitrogens with one attached hydrogen (secondary N) is 3. The van der Waals surface area contributed by atoms with Crippen molar-refractivity contribution < 1.29 is 14.5 Å². The van der Waals surface area contributed by atoms with Crippen molar-refractivity contribution in [3.8, 4) is 0 Å². The summed E-state index contributed by atoms with van der Waals surface area (Å²) in [6.07, 6.45) is 2.58. The third kappa shape index (κ3) is 6.28. The van der Waals surface area contributed by atoms with Crippen LogP contribution in [0, 0.1) is 10.1 Å². The lowest BCUT2D eigenvalue weighted by molar-refractivity contribution is -0.384. The van der Waals surface area contributed by atoms with Gasteiger partial charge >= 0.3 is 0 Å². The van der Waals surface area contributed by atoms with Crippen molar-refractivity contribution >= 4 is 56.8 Å². The molecule has 2 aromatic carbocycles. The molecule has 0 unspecified atom stereocenters. The summed E-state index contributed by atoms with van der Waals surface area (Å²) in [5.74, 6) is -1.000. The van der Waals surface area contributed by atoms with E-state index in [2.05, 4.69) is 32.1 Å². The second-order valence-corrected chi connectivity index (χ2v) is 6.33. The van der Waals surface area contributed by atoms with Crippen LogP contribution in [0.1, 0.15) is 15.9 Å². The molecule has 0 radical (unpaired) electrons. The zero-order valence-electron chi connectivity index (χ0n) is 13.6. The van der Waals surface area contributed by atoms with Crippen LogP contribution in [-0.4, -0.2) is 21.9 Å². The zero-order valence-corrected chi connectivity index (χ0v) is 16.0. The summed E-state index contributed by atoms with van der Waals surface area (Å²) in [6, 6.07) is 12.6. The minimum atomic E-state index is -0.561. The van der Waals surface area contributed by atoms with Crippen LogP contribution in [0.4, 0.5) is 5.69 Å². The summed E-state index contributed by atoms with van der Waals surface area (Å²) < 4.78 is 0.610. The minimum Gasteiger partial charge on any atom is -0.298 e. The van der Waals surface area contributed by atoms with Gasteiger partial charge in [-0.15, -0.1) is 0 Å². The predicted octanol–water partition coefficient (Wildman–Crippen LogP) is 2.71. The van der Waals surface area contributed by atoms with Crippen molar-refractivity contribution in [3.63, 3.8) is 0 Å². The number of nitro groups is 1. The Morgan fingerprint density at radius 1 is 1.11 bits per heavy atom. The summed E-state index contributed by atoms with van der Waals surface area (Å²) in [6.45, 7) is 0. The van der Waals surface area contributed by atoms with Gasteiger partial charge in [0.2, 0.25) is 5.91 Å². The zero-order chi connectivity index (χ0) is 19.8. The van der Waals surface area contributed by atoms with Gasteiger partial charge in [0.05, 0.1) is 10.5 Å². The first-order valence-electron chi connectivity index (χ1n) is 7.45. The molecule has 2 amide bonds. The van der Waals surface area contributed by atoms with E-state index in [4.69, 9.17) is 12.2 Å². The number of rotatable bonds is 4. The molecule has 10 heteroatoms. The number of thiocarbonyl (C=S) groups is 1. The maximum Gasteiger partial charge on any atom is 0.270 e. The number of nitrogens with zero attached hydrogens (tertiary/aromatic N) is 1. The fourth-order valence-electron chi connectivity index (χ4n) is 1.92. The highest BCUT2D eigenvalue weighted by Crippen LogP contribution is 2.15. The highest BCUT2D eigenvalue weighted by molar-refractivity contribution is 9.10. The first kappa shape index (κ1) is 20.2. The lowest BCUT2D eigenvalue weighted by atomic mass is 10.2. The second kappa shape index (κ2) is 9.55.